The quantitative estimate of drug-likeness (QED) is 0.391. The first-order valence-corrected chi connectivity index (χ1v) is 12.1. The van der Waals surface area contributed by atoms with Gasteiger partial charge in [-0.3, -0.25) is 9.80 Å². The summed E-state index contributed by atoms with van der Waals surface area (Å²) in [6, 6.07) is 10.8. The molecule has 35 heavy (non-hydrogen) atoms. The summed E-state index contributed by atoms with van der Waals surface area (Å²) in [7, 11) is 0. The molecule has 1 saturated heterocycles. The van der Waals surface area contributed by atoms with Crippen LogP contribution >= 0.6 is 24.8 Å². The fraction of sp³-hybridized carbons (Fsp3) is 0.481. The van der Waals surface area contributed by atoms with E-state index in [-0.39, 0.29) is 30.6 Å². The smallest absolute Gasteiger partial charge is 0.160 e. The first kappa shape index (κ1) is 29.2. The Labute approximate surface area is 221 Å². The zero-order chi connectivity index (χ0) is 23.5. The third kappa shape index (κ3) is 7.04. The van der Waals surface area contributed by atoms with Crippen molar-refractivity contribution in [3.63, 3.8) is 0 Å². The molecule has 192 valence electrons. The highest BCUT2D eigenvalue weighted by atomic mass is 35.5. The van der Waals surface area contributed by atoms with E-state index in [4.69, 9.17) is 9.97 Å². The van der Waals surface area contributed by atoms with Crippen LogP contribution in [0.5, 0.6) is 0 Å². The van der Waals surface area contributed by atoms with Crippen molar-refractivity contribution in [3.05, 3.63) is 64.4 Å². The summed E-state index contributed by atoms with van der Waals surface area (Å²) < 4.78 is 16.9. The topological polar surface area (TPSA) is 37.2 Å². The Hall–Kier alpha value is -1.99. The molecule has 0 N–H and O–H groups in total. The number of piperazine rings is 1. The van der Waals surface area contributed by atoms with Crippen LogP contribution in [0, 0.1) is 13.8 Å². The van der Waals surface area contributed by atoms with E-state index < -0.39 is 0 Å². The Kier molecular flexibility index (Phi) is 10.7. The van der Waals surface area contributed by atoms with E-state index in [9.17, 15) is 4.39 Å². The minimum absolute atomic E-state index is 0. The predicted molar refractivity (Wildman–Crippen MR) is 149 cm³/mol. The van der Waals surface area contributed by atoms with Crippen LogP contribution in [0.2, 0.25) is 0 Å². The number of fused-ring (bicyclic) bond motifs is 1. The summed E-state index contributed by atoms with van der Waals surface area (Å²) in [6.07, 6.45) is 2.52. The molecule has 0 spiro atoms. The maximum Gasteiger partial charge on any atom is 0.160 e. The van der Waals surface area contributed by atoms with E-state index in [1.165, 1.54) is 0 Å². The van der Waals surface area contributed by atoms with Crippen molar-refractivity contribution in [1.82, 2.24) is 24.3 Å². The molecule has 1 aromatic carbocycles. The molecule has 0 radical (unpaired) electrons. The molecule has 0 unspecified atom stereocenters. The fourth-order valence-electron chi connectivity index (χ4n) is 4.66. The van der Waals surface area contributed by atoms with Gasteiger partial charge in [0.1, 0.15) is 17.2 Å². The number of aromatic nitrogens is 3. The van der Waals surface area contributed by atoms with Crippen LogP contribution in [0.4, 0.5) is 4.39 Å². The summed E-state index contributed by atoms with van der Waals surface area (Å²) in [6.45, 7) is 15.6. The van der Waals surface area contributed by atoms with Crippen molar-refractivity contribution in [2.24, 2.45) is 0 Å². The molecule has 0 amide bonds. The number of hydrogen-bond acceptors (Lipinski definition) is 4. The van der Waals surface area contributed by atoms with E-state index in [1.807, 2.05) is 19.1 Å². The number of aryl methyl sites for hydroxylation is 3. The van der Waals surface area contributed by atoms with Gasteiger partial charge in [-0.05, 0) is 56.5 Å². The third-order valence-corrected chi connectivity index (χ3v) is 6.57. The molecule has 5 nitrogen and oxygen atoms in total. The lowest BCUT2D eigenvalue weighted by Gasteiger charge is -2.36. The van der Waals surface area contributed by atoms with Gasteiger partial charge in [0, 0.05) is 44.3 Å². The van der Waals surface area contributed by atoms with Gasteiger partial charge in [-0.25, -0.2) is 14.4 Å². The maximum absolute atomic E-state index is 14.7. The molecule has 0 atom stereocenters. The highest BCUT2D eigenvalue weighted by Crippen LogP contribution is 2.21. The molecule has 0 aliphatic carbocycles. The summed E-state index contributed by atoms with van der Waals surface area (Å²) in [5, 5.41) is 0. The number of rotatable bonds is 7. The van der Waals surface area contributed by atoms with Crippen molar-refractivity contribution in [2.75, 3.05) is 32.7 Å². The number of hydrogen-bond donors (Lipinski definition) is 0. The highest BCUT2D eigenvalue weighted by molar-refractivity contribution is 5.85. The number of halogens is 3. The summed E-state index contributed by atoms with van der Waals surface area (Å²) in [5.41, 5.74) is 6.14. The van der Waals surface area contributed by atoms with Crippen LogP contribution in [0.1, 0.15) is 49.0 Å². The first-order valence-electron chi connectivity index (χ1n) is 12.1. The van der Waals surface area contributed by atoms with Crippen LogP contribution in [0.15, 0.2) is 36.2 Å². The van der Waals surface area contributed by atoms with Crippen molar-refractivity contribution >= 4 is 42.1 Å². The third-order valence-electron chi connectivity index (χ3n) is 6.57. The lowest BCUT2D eigenvalue weighted by molar-refractivity contribution is 0.111. The Morgan fingerprint density at radius 2 is 1.69 bits per heavy atom. The second-order valence-corrected chi connectivity index (χ2v) is 9.46. The molecule has 4 rings (SSSR count). The Bertz CT molecular complexity index is 1130. The summed E-state index contributed by atoms with van der Waals surface area (Å²) >= 11 is 0. The molecule has 1 fully saturated rings. The van der Waals surface area contributed by atoms with Gasteiger partial charge in [0.2, 0.25) is 0 Å². The van der Waals surface area contributed by atoms with Crippen LogP contribution in [0.25, 0.3) is 17.2 Å². The average molecular weight is 523 g/mol. The maximum atomic E-state index is 14.7. The molecule has 0 saturated carbocycles. The molecular formula is C27H38Cl2FN5. The lowest BCUT2D eigenvalue weighted by Crippen LogP contribution is -2.49. The van der Waals surface area contributed by atoms with E-state index in [2.05, 4.69) is 60.3 Å². The molecule has 8 heteroatoms. The van der Waals surface area contributed by atoms with Crippen molar-refractivity contribution in [2.45, 2.75) is 53.6 Å². The van der Waals surface area contributed by atoms with Gasteiger partial charge in [-0.1, -0.05) is 31.2 Å². The van der Waals surface area contributed by atoms with Gasteiger partial charge < -0.3 is 4.57 Å². The molecule has 3 heterocycles. The summed E-state index contributed by atoms with van der Waals surface area (Å²) in [5.74, 6) is 0.962. The van der Waals surface area contributed by atoms with Gasteiger partial charge >= 0.3 is 0 Å². The average Bonchev–Trinajstić information content (AvgIpc) is 3.13. The van der Waals surface area contributed by atoms with Gasteiger partial charge in [0.05, 0.1) is 13.1 Å². The van der Waals surface area contributed by atoms with Crippen LogP contribution in [-0.2, 0) is 13.0 Å². The predicted octanol–water partition coefficient (Wildman–Crippen LogP) is 5.84. The lowest BCUT2D eigenvalue weighted by atomic mass is 10.1. The Morgan fingerprint density at radius 3 is 2.29 bits per heavy atom. The van der Waals surface area contributed by atoms with Crippen molar-refractivity contribution in [3.8, 4) is 0 Å². The number of benzene rings is 1. The molecular weight excluding hydrogens is 484 g/mol. The minimum Gasteiger partial charge on any atom is -0.308 e. The largest absolute Gasteiger partial charge is 0.308 e. The number of pyridine rings is 1. The van der Waals surface area contributed by atoms with Gasteiger partial charge in [-0.2, -0.15) is 0 Å². The molecule has 3 aromatic rings. The zero-order valence-corrected chi connectivity index (χ0v) is 23.1. The summed E-state index contributed by atoms with van der Waals surface area (Å²) in [4.78, 5) is 14.2. The standard InChI is InChI=1S/C27H36FN5.2ClH/c1-6-25-30-26-20(4)15-21(5)29-27(26)33(25)17-23-9-7-22(8-10-23)16-24(28)18-31-11-13-32(14-12-31)19(2)3;;/h7-10,15-16,19H,6,11-14,17-18H2,1-5H3;2*1H/b24-16-;;. The molecule has 1 aliphatic heterocycles. The monoisotopic (exact) mass is 521 g/mol. The van der Waals surface area contributed by atoms with Crippen molar-refractivity contribution in [1.29, 1.82) is 0 Å². The minimum atomic E-state index is -0.0789. The van der Waals surface area contributed by atoms with E-state index in [1.54, 1.807) is 6.08 Å². The van der Waals surface area contributed by atoms with Crippen LogP contribution in [-0.4, -0.2) is 63.1 Å². The first-order chi connectivity index (χ1) is 15.8. The van der Waals surface area contributed by atoms with Crippen LogP contribution < -0.4 is 0 Å². The highest BCUT2D eigenvalue weighted by Gasteiger charge is 2.19. The van der Waals surface area contributed by atoms with Gasteiger partial charge in [-0.15, -0.1) is 24.8 Å². The molecule has 0 bridgehead atoms. The van der Waals surface area contributed by atoms with Gasteiger partial charge in [0.15, 0.2) is 5.65 Å². The fourth-order valence-corrected chi connectivity index (χ4v) is 4.66. The van der Waals surface area contributed by atoms with Gasteiger partial charge in [0.25, 0.3) is 0 Å². The van der Waals surface area contributed by atoms with Crippen LogP contribution in [0.3, 0.4) is 0 Å². The zero-order valence-electron chi connectivity index (χ0n) is 21.4. The van der Waals surface area contributed by atoms with Crippen molar-refractivity contribution < 1.29 is 4.39 Å². The Balaban J connectivity index is 0.00000216. The normalized spacial score (nSPS) is 15.3. The van der Waals surface area contributed by atoms with E-state index in [0.29, 0.717) is 19.1 Å². The second-order valence-electron chi connectivity index (χ2n) is 9.46. The number of imidazole rings is 1. The Morgan fingerprint density at radius 1 is 1.03 bits per heavy atom. The SMILES string of the molecule is CCc1nc2c(C)cc(C)nc2n1Cc1ccc(/C=C(\F)CN2CCN(C(C)C)CC2)cc1.Cl.Cl. The van der Waals surface area contributed by atoms with E-state index >= 15 is 0 Å². The molecule has 2 aromatic heterocycles. The second kappa shape index (κ2) is 12.8. The molecule has 1 aliphatic rings. The van der Waals surface area contributed by atoms with E-state index in [0.717, 1.165) is 72.0 Å². The number of nitrogens with zero attached hydrogens (tertiary/aromatic N) is 5.